The van der Waals surface area contributed by atoms with Crippen LogP contribution in [0.1, 0.15) is 27.7 Å². The summed E-state index contributed by atoms with van der Waals surface area (Å²) in [6, 6.07) is 0. The van der Waals surface area contributed by atoms with Crippen LogP contribution in [0.25, 0.3) is 0 Å². The van der Waals surface area contributed by atoms with Crippen LogP contribution in [0.3, 0.4) is 0 Å². The normalized spacial score (nSPS) is 14.5. The molecule has 0 rings (SSSR count). The standard InChI is InChI=1S/C14H20O/c1-12(2)7-5-8-13(3)9-6-10-14(4)11-15/h5-11,14H,1-4H3. The van der Waals surface area contributed by atoms with E-state index in [9.17, 15) is 4.79 Å². The zero-order chi connectivity index (χ0) is 11.7. The zero-order valence-corrected chi connectivity index (χ0v) is 10.0. The largest absolute Gasteiger partial charge is 0.303 e. The van der Waals surface area contributed by atoms with Gasteiger partial charge in [0.25, 0.3) is 0 Å². The van der Waals surface area contributed by atoms with E-state index in [1.165, 1.54) is 11.1 Å². The number of aldehydes is 1. The van der Waals surface area contributed by atoms with E-state index in [0.29, 0.717) is 0 Å². The average Bonchev–Trinajstić information content (AvgIpc) is 2.17. The molecule has 0 radical (unpaired) electrons. The third kappa shape index (κ3) is 8.95. The van der Waals surface area contributed by atoms with Gasteiger partial charge in [0.2, 0.25) is 0 Å². The summed E-state index contributed by atoms with van der Waals surface area (Å²) >= 11 is 0. The Morgan fingerprint density at radius 3 is 2.27 bits per heavy atom. The number of hydrogen-bond donors (Lipinski definition) is 0. The molecule has 82 valence electrons. The van der Waals surface area contributed by atoms with E-state index in [0.717, 1.165) is 6.29 Å². The van der Waals surface area contributed by atoms with Gasteiger partial charge in [-0.05, 0) is 20.8 Å². The number of hydrogen-bond acceptors (Lipinski definition) is 1. The lowest BCUT2D eigenvalue weighted by Crippen LogP contribution is -1.87. The molecule has 0 aliphatic carbocycles. The van der Waals surface area contributed by atoms with Crippen molar-refractivity contribution >= 4 is 6.29 Å². The molecule has 0 amide bonds. The molecule has 0 saturated carbocycles. The van der Waals surface area contributed by atoms with Crippen molar-refractivity contribution in [2.75, 3.05) is 0 Å². The lowest BCUT2D eigenvalue weighted by atomic mass is 10.1. The monoisotopic (exact) mass is 204 g/mol. The molecule has 15 heavy (non-hydrogen) atoms. The minimum Gasteiger partial charge on any atom is -0.303 e. The predicted molar refractivity (Wildman–Crippen MR) is 66.7 cm³/mol. The Bertz CT molecular complexity index is 299. The van der Waals surface area contributed by atoms with Crippen LogP contribution in [0.5, 0.6) is 0 Å². The molecular weight excluding hydrogens is 184 g/mol. The van der Waals surface area contributed by atoms with Crippen molar-refractivity contribution < 1.29 is 4.79 Å². The van der Waals surface area contributed by atoms with E-state index in [-0.39, 0.29) is 5.92 Å². The molecule has 0 saturated heterocycles. The Kier molecular flexibility index (Phi) is 7.25. The zero-order valence-electron chi connectivity index (χ0n) is 10.0. The highest BCUT2D eigenvalue weighted by atomic mass is 16.1. The highest BCUT2D eigenvalue weighted by molar-refractivity contribution is 5.55. The second-order valence-electron chi connectivity index (χ2n) is 3.89. The summed E-state index contributed by atoms with van der Waals surface area (Å²) in [5.41, 5.74) is 2.45. The molecule has 1 nitrogen and oxygen atoms in total. The van der Waals surface area contributed by atoms with Crippen LogP contribution >= 0.6 is 0 Å². The third-order valence-corrected chi connectivity index (χ3v) is 1.78. The molecule has 0 aliphatic heterocycles. The summed E-state index contributed by atoms with van der Waals surface area (Å²) in [7, 11) is 0. The quantitative estimate of drug-likeness (QED) is 0.491. The molecule has 1 heteroatoms. The van der Waals surface area contributed by atoms with Crippen LogP contribution in [0.2, 0.25) is 0 Å². The Morgan fingerprint density at radius 2 is 1.73 bits per heavy atom. The summed E-state index contributed by atoms with van der Waals surface area (Å²) in [6.07, 6.45) is 12.9. The number of rotatable bonds is 5. The minimum absolute atomic E-state index is 0.00388. The highest BCUT2D eigenvalue weighted by Gasteiger charge is 1.88. The SMILES string of the molecule is CC(C)=CC=CC(C)=CC=CC(C)C=O. The Morgan fingerprint density at radius 1 is 1.07 bits per heavy atom. The molecule has 0 aliphatic rings. The van der Waals surface area contributed by atoms with E-state index in [2.05, 4.69) is 19.9 Å². The smallest absolute Gasteiger partial charge is 0.126 e. The molecule has 0 heterocycles. The van der Waals surface area contributed by atoms with E-state index >= 15 is 0 Å². The average molecular weight is 204 g/mol. The lowest BCUT2D eigenvalue weighted by molar-refractivity contribution is -0.109. The Hall–Kier alpha value is -1.37. The maximum Gasteiger partial charge on any atom is 0.126 e. The van der Waals surface area contributed by atoms with Crippen molar-refractivity contribution in [1.29, 1.82) is 0 Å². The molecule has 0 N–H and O–H groups in total. The molecule has 0 aromatic carbocycles. The van der Waals surface area contributed by atoms with Gasteiger partial charge in [0, 0.05) is 5.92 Å². The second kappa shape index (κ2) is 7.98. The van der Waals surface area contributed by atoms with Crippen molar-refractivity contribution in [3.05, 3.63) is 47.6 Å². The maximum atomic E-state index is 10.3. The number of carbonyl (C=O) groups excluding carboxylic acids is 1. The van der Waals surface area contributed by atoms with Crippen molar-refractivity contribution in [3.8, 4) is 0 Å². The van der Waals surface area contributed by atoms with Crippen molar-refractivity contribution in [1.82, 2.24) is 0 Å². The number of allylic oxidation sites excluding steroid dienone is 8. The van der Waals surface area contributed by atoms with Crippen LogP contribution in [0.4, 0.5) is 0 Å². The van der Waals surface area contributed by atoms with Gasteiger partial charge in [0.15, 0.2) is 0 Å². The molecule has 1 unspecified atom stereocenters. The summed E-state index contributed by atoms with van der Waals surface area (Å²) in [5, 5.41) is 0. The summed E-state index contributed by atoms with van der Waals surface area (Å²) < 4.78 is 0. The van der Waals surface area contributed by atoms with Gasteiger partial charge >= 0.3 is 0 Å². The Balaban J connectivity index is 4.21. The van der Waals surface area contributed by atoms with Gasteiger partial charge in [0.05, 0.1) is 0 Å². The molecule has 0 aromatic rings. The van der Waals surface area contributed by atoms with Gasteiger partial charge < -0.3 is 4.79 Å². The maximum absolute atomic E-state index is 10.3. The number of carbonyl (C=O) groups is 1. The van der Waals surface area contributed by atoms with E-state index in [1.807, 2.05) is 44.2 Å². The summed E-state index contributed by atoms with van der Waals surface area (Å²) in [5.74, 6) is -0.00388. The van der Waals surface area contributed by atoms with Gasteiger partial charge in [-0.2, -0.15) is 0 Å². The molecule has 0 aromatic heterocycles. The second-order valence-corrected chi connectivity index (χ2v) is 3.89. The molecule has 0 fully saturated rings. The van der Waals surface area contributed by atoms with Gasteiger partial charge in [0.1, 0.15) is 6.29 Å². The van der Waals surface area contributed by atoms with Crippen LogP contribution in [-0.2, 0) is 4.79 Å². The lowest BCUT2D eigenvalue weighted by Gasteiger charge is -1.91. The van der Waals surface area contributed by atoms with Crippen molar-refractivity contribution in [2.24, 2.45) is 5.92 Å². The molecule has 1 atom stereocenters. The highest BCUT2D eigenvalue weighted by Crippen LogP contribution is 1.99. The van der Waals surface area contributed by atoms with E-state index < -0.39 is 0 Å². The first-order chi connectivity index (χ1) is 7.06. The van der Waals surface area contributed by atoms with E-state index in [4.69, 9.17) is 0 Å². The van der Waals surface area contributed by atoms with Crippen LogP contribution in [0, 0.1) is 5.92 Å². The fourth-order valence-corrected chi connectivity index (χ4v) is 0.876. The minimum atomic E-state index is -0.00388. The predicted octanol–water partition coefficient (Wildman–Crippen LogP) is 3.85. The van der Waals surface area contributed by atoms with Gasteiger partial charge in [-0.25, -0.2) is 0 Å². The van der Waals surface area contributed by atoms with Gasteiger partial charge in [-0.3, -0.25) is 0 Å². The van der Waals surface area contributed by atoms with Crippen LogP contribution in [0.15, 0.2) is 47.6 Å². The topological polar surface area (TPSA) is 17.1 Å². The summed E-state index contributed by atoms with van der Waals surface area (Å²) in [6.45, 7) is 8.03. The van der Waals surface area contributed by atoms with Crippen LogP contribution in [-0.4, -0.2) is 6.29 Å². The molecule has 0 bridgehead atoms. The fourth-order valence-electron chi connectivity index (χ4n) is 0.876. The first-order valence-electron chi connectivity index (χ1n) is 5.18. The Labute approximate surface area is 92.9 Å². The van der Waals surface area contributed by atoms with Gasteiger partial charge in [-0.15, -0.1) is 0 Å². The van der Waals surface area contributed by atoms with Crippen LogP contribution < -0.4 is 0 Å². The van der Waals surface area contributed by atoms with Gasteiger partial charge in [-0.1, -0.05) is 54.5 Å². The molecular formula is C14H20O. The van der Waals surface area contributed by atoms with Crippen molar-refractivity contribution in [3.63, 3.8) is 0 Å². The first kappa shape index (κ1) is 13.6. The molecule has 0 spiro atoms. The summed E-state index contributed by atoms with van der Waals surface area (Å²) in [4.78, 5) is 10.3. The fraction of sp³-hybridized carbons (Fsp3) is 0.357. The van der Waals surface area contributed by atoms with Crippen molar-refractivity contribution in [2.45, 2.75) is 27.7 Å². The van der Waals surface area contributed by atoms with E-state index in [1.54, 1.807) is 0 Å². The first-order valence-corrected chi connectivity index (χ1v) is 5.18. The third-order valence-electron chi connectivity index (χ3n) is 1.78.